The van der Waals surface area contributed by atoms with E-state index in [1.807, 2.05) is 6.92 Å². The second-order valence-corrected chi connectivity index (χ2v) is 6.37. The highest BCUT2D eigenvalue weighted by atomic mass is 35.5. The summed E-state index contributed by atoms with van der Waals surface area (Å²) >= 11 is 13.3. The number of rotatable bonds is 4. The lowest BCUT2D eigenvalue weighted by Gasteiger charge is -2.06. The van der Waals surface area contributed by atoms with Crippen LogP contribution < -0.4 is 0 Å². The Morgan fingerprint density at radius 3 is 2.15 bits per heavy atom. The maximum Gasteiger partial charge on any atom is 0.397 e. The first kappa shape index (κ1) is 19.7. The van der Waals surface area contributed by atoms with Gasteiger partial charge in [0, 0.05) is 5.56 Å². The summed E-state index contributed by atoms with van der Waals surface area (Å²) < 4.78 is 30.7. The van der Waals surface area contributed by atoms with Crippen molar-refractivity contribution >= 4 is 50.4 Å². The molecule has 0 radical (unpaired) electrons. The molecule has 0 aliphatic heterocycles. The second-order valence-electron chi connectivity index (χ2n) is 3.19. The van der Waals surface area contributed by atoms with Gasteiger partial charge in [0.1, 0.15) is 0 Å². The van der Waals surface area contributed by atoms with E-state index in [1.54, 1.807) is 18.2 Å². The molecule has 2 N–H and O–H groups in total. The third kappa shape index (κ3) is 8.08. The highest BCUT2D eigenvalue weighted by molar-refractivity contribution is 8.14. The molecule has 0 spiro atoms. The molecule has 0 amide bonds. The van der Waals surface area contributed by atoms with Crippen molar-refractivity contribution < 1.29 is 17.2 Å². The Bertz CT molecular complexity index is 529. The molecule has 0 heterocycles. The van der Waals surface area contributed by atoms with Gasteiger partial charge in [0.2, 0.25) is 0 Å². The zero-order chi connectivity index (χ0) is 15.8. The summed E-state index contributed by atoms with van der Waals surface area (Å²) in [5.74, 6) is 0.848. The number of hydrogen-bond donors (Lipinski definition) is 2. The van der Waals surface area contributed by atoms with Gasteiger partial charge in [0.15, 0.2) is 0 Å². The molecule has 114 valence electrons. The summed E-state index contributed by atoms with van der Waals surface area (Å²) in [4.78, 5) is 0. The molecule has 0 unspecified atom stereocenters. The molecule has 5 nitrogen and oxygen atoms in total. The lowest BCUT2D eigenvalue weighted by Crippen LogP contribution is -2.01. The Morgan fingerprint density at radius 1 is 1.35 bits per heavy atom. The number of halogens is 2. The van der Waals surface area contributed by atoms with Crippen molar-refractivity contribution in [2.24, 2.45) is 0 Å². The average molecular weight is 360 g/mol. The van der Waals surface area contributed by atoms with E-state index in [0.717, 1.165) is 5.75 Å². The standard InChI is InChI=1S/C9H9Cl2NS.C2H6O4S/c1-2-13-9(12)8-6(10)4-3-5-7(8)11;1-2-6-7(3,4)5/h3-5,12H,2H2,1H3;2H2,1H3,(H,3,4,5). The fourth-order valence-electron chi connectivity index (χ4n) is 1.08. The highest BCUT2D eigenvalue weighted by Crippen LogP contribution is 2.27. The van der Waals surface area contributed by atoms with E-state index in [0.29, 0.717) is 20.7 Å². The topological polar surface area (TPSA) is 87.5 Å². The molecular formula is C11H15Cl2NO4S2. The van der Waals surface area contributed by atoms with Crippen molar-refractivity contribution in [1.82, 2.24) is 0 Å². The molecule has 0 bridgehead atoms. The van der Waals surface area contributed by atoms with Crippen molar-refractivity contribution in [3.8, 4) is 0 Å². The quantitative estimate of drug-likeness (QED) is 0.483. The lowest BCUT2D eigenvalue weighted by molar-refractivity contribution is 0.283. The van der Waals surface area contributed by atoms with E-state index in [1.165, 1.54) is 18.7 Å². The molecule has 20 heavy (non-hydrogen) atoms. The first-order chi connectivity index (χ1) is 9.22. The summed E-state index contributed by atoms with van der Waals surface area (Å²) in [6, 6.07) is 5.26. The van der Waals surface area contributed by atoms with Crippen molar-refractivity contribution in [2.75, 3.05) is 12.4 Å². The summed E-state index contributed by atoms with van der Waals surface area (Å²) in [7, 11) is -4.17. The van der Waals surface area contributed by atoms with Gasteiger partial charge in [-0.25, -0.2) is 4.18 Å². The molecule has 0 fully saturated rings. The predicted octanol–water partition coefficient (Wildman–Crippen LogP) is 3.90. The molecule has 1 aromatic rings. The average Bonchev–Trinajstić information content (AvgIpc) is 2.28. The van der Waals surface area contributed by atoms with E-state index in [-0.39, 0.29) is 6.61 Å². The molecule has 1 rings (SSSR count). The maximum atomic E-state index is 9.56. The molecule has 9 heteroatoms. The number of nitrogens with one attached hydrogen (secondary N) is 1. The van der Waals surface area contributed by atoms with Crippen LogP contribution in [0, 0.1) is 5.41 Å². The zero-order valence-electron chi connectivity index (χ0n) is 10.9. The zero-order valence-corrected chi connectivity index (χ0v) is 14.0. The first-order valence-corrected chi connectivity index (χ1v) is 8.61. The van der Waals surface area contributed by atoms with Crippen LogP contribution >= 0.6 is 35.0 Å². The minimum absolute atomic E-state index is 0.0289. The largest absolute Gasteiger partial charge is 0.397 e. The van der Waals surface area contributed by atoms with Crippen LogP contribution in [0.2, 0.25) is 10.0 Å². The number of thioether (sulfide) groups is 1. The molecule has 0 atom stereocenters. The van der Waals surface area contributed by atoms with Gasteiger partial charge in [-0.15, -0.1) is 11.8 Å². The minimum Gasteiger partial charge on any atom is -0.293 e. The van der Waals surface area contributed by atoms with Gasteiger partial charge in [-0.3, -0.25) is 9.96 Å². The van der Waals surface area contributed by atoms with E-state index in [9.17, 15) is 8.42 Å². The lowest BCUT2D eigenvalue weighted by atomic mass is 10.2. The van der Waals surface area contributed by atoms with Gasteiger partial charge in [-0.2, -0.15) is 8.42 Å². The van der Waals surface area contributed by atoms with Crippen molar-refractivity contribution in [2.45, 2.75) is 13.8 Å². The van der Waals surface area contributed by atoms with Crippen LogP contribution in [0.15, 0.2) is 18.2 Å². The fourth-order valence-corrected chi connectivity index (χ4v) is 2.73. The van der Waals surface area contributed by atoms with Crippen LogP contribution in [0.25, 0.3) is 0 Å². The third-order valence-electron chi connectivity index (χ3n) is 1.75. The molecule has 0 saturated heterocycles. The Hall–Kier alpha value is -0.310. The van der Waals surface area contributed by atoms with E-state index < -0.39 is 10.4 Å². The minimum atomic E-state index is -4.17. The summed E-state index contributed by atoms with van der Waals surface area (Å²) in [5.41, 5.74) is 0.637. The molecular weight excluding hydrogens is 345 g/mol. The second kappa shape index (κ2) is 9.59. The SMILES string of the molecule is CCOS(=O)(=O)O.CCSC(=N)c1c(Cl)cccc1Cl. The van der Waals surface area contributed by atoms with Crippen molar-refractivity contribution in [3.05, 3.63) is 33.8 Å². The maximum absolute atomic E-state index is 9.56. The highest BCUT2D eigenvalue weighted by Gasteiger charge is 2.10. The van der Waals surface area contributed by atoms with Crippen LogP contribution in [0.1, 0.15) is 19.4 Å². The van der Waals surface area contributed by atoms with Crippen LogP contribution in [-0.2, 0) is 14.6 Å². The Morgan fingerprint density at radius 2 is 1.85 bits per heavy atom. The summed E-state index contributed by atoms with van der Waals surface area (Å²) in [5, 5.41) is 9.21. The molecule has 0 aliphatic carbocycles. The van der Waals surface area contributed by atoms with Crippen LogP contribution in [0.3, 0.4) is 0 Å². The summed E-state index contributed by atoms with van der Waals surface area (Å²) in [6.07, 6.45) is 0. The smallest absolute Gasteiger partial charge is 0.293 e. The molecule has 0 aliphatic rings. The Labute approximate surface area is 133 Å². The van der Waals surface area contributed by atoms with Gasteiger partial charge in [-0.1, -0.05) is 36.2 Å². The normalized spacial score (nSPS) is 10.7. The van der Waals surface area contributed by atoms with Crippen molar-refractivity contribution in [1.29, 1.82) is 5.41 Å². The predicted molar refractivity (Wildman–Crippen MR) is 84.6 cm³/mol. The van der Waals surface area contributed by atoms with Crippen LogP contribution in [0.5, 0.6) is 0 Å². The Kier molecular flexibility index (Phi) is 9.45. The monoisotopic (exact) mass is 359 g/mol. The van der Waals surface area contributed by atoms with E-state index in [2.05, 4.69) is 4.18 Å². The van der Waals surface area contributed by atoms with E-state index >= 15 is 0 Å². The van der Waals surface area contributed by atoms with Crippen LogP contribution in [-0.4, -0.2) is 30.4 Å². The Balaban J connectivity index is 0.000000441. The molecule has 0 aromatic heterocycles. The number of hydrogen-bond acceptors (Lipinski definition) is 5. The van der Waals surface area contributed by atoms with Gasteiger partial charge in [0.25, 0.3) is 0 Å². The first-order valence-electron chi connectivity index (χ1n) is 5.50. The van der Waals surface area contributed by atoms with Crippen molar-refractivity contribution in [3.63, 3.8) is 0 Å². The third-order valence-corrected chi connectivity index (χ3v) is 3.69. The number of benzene rings is 1. The fraction of sp³-hybridized carbons (Fsp3) is 0.364. The molecule has 1 aromatic carbocycles. The van der Waals surface area contributed by atoms with Crippen LogP contribution in [0.4, 0.5) is 0 Å². The van der Waals surface area contributed by atoms with Gasteiger partial charge >= 0.3 is 10.4 Å². The van der Waals surface area contributed by atoms with Gasteiger partial charge in [-0.05, 0) is 24.8 Å². The summed E-state index contributed by atoms with van der Waals surface area (Å²) in [6.45, 7) is 3.43. The van der Waals surface area contributed by atoms with Gasteiger partial charge in [0.05, 0.1) is 21.7 Å². The molecule has 0 saturated carbocycles. The van der Waals surface area contributed by atoms with Gasteiger partial charge < -0.3 is 0 Å². The van der Waals surface area contributed by atoms with E-state index in [4.69, 9.17) is 33.2 Å².